The van der Waals surface area contributed by atoms with Crippen molar-refractivity contribution in [2.75, 3.05) is 0 Å². The van der Waals surface area contributed by atoms with E-state index in [0.29, 0.717) is 5.58 Å². The van der Waals surface area contributed by atoms with Gasteiger partial charge in [-0.15, -0.1) is 0 Å². The lowest BCUT2D eigenvalue weighted by molar-refractivity contribution is 0.0925. The number of carbonyl (C=O) groups is 1. The molecule has 0 spiro atoms. The lowest BCUT2D eigenvalue weighted by Gasteiger charge is -2.08. The maximum Gasteiger partial charge on any atom is 0.287 e. The molecule has 0 aliphatic heterocycles. The van der Waals surface area contributed by atoms with Crippen molar-refractivity contribution in [1.29, 1.82) is 0 Å². The van der Waals surface area contributed by atoms with Crippen molar-refractivity contribution in [3.8, 4) is 0 Å². The van der Waals surface area contributed by atoms with Crippen LogP contribution in [0, 0.1) is 0 Å². The molecule has 0 atom stereocenters. The van der Waals surface area contributed by atoms with E-state index >= 15 is 0 Å². The van der Waals surface area contributed by atoms with Gasteiger partial charge in [-0.25, -0.2) is 8.42 Å². The number of pyridine rings is 1. The average molecular weight is 461 g/mol. The zero-order chi connectivity index (χ0) is 21.3. The average Bonchev–Trinajstić information content (AvgIpc) is 3.18. The fourth-order valence-corrected chi connectivity index (χ4v) is 4.48. The standard InChI is InChI=1S/C21H14Cl2N2O4S/c22-17-6-5-16(10-18(17)23)30(27,28)15-3-1-13(2-4-15)11-25-21(26)19-9-14-7-8-24-12-20(14)29-19/h1-10,12H,11H2,(H,25,26). The summed E-state index contributed by atoms with van der Waals surface area (Å²) in [6.07, 6.45) is 3.16. The Bertz CT molecular complexity index is 1320. The summed E-state index contributed by atoms with van der Waals surface area (Å²) in [7, 11) is -3.74. The smallest absolute Gasteiger partial charge is 0.287 e. The SMILES string of the molecule is O=C(NCc1ccc(S(=O)(=O)c2ccc(Cl)c(Cl)c2)cc1)c1cc2ccncc2o1. The highest BCUT2D eigenvalue weighted by Crippen LogP contribution is 2.28. The number of benzene rings is 2. The quantitative estimate of drug-likeness (QED) is 0.457. The molecule has 6 nitrogen and oxygen atoms in total. The molecular formula is C21H14Cl2N2O4S. The highest BCUT2D eigenvalue weighted by molar-refractivity contribution is 7.91. The molecule has 1 amide bonds. The summed E-state index contributed by atoms with van der Waals surface area (Å²) in [6.45, 7) is 0.210. The van der Waals surface area contributed by atoms with Crippen molar-refractivity contribution in [2.45, 2.75) is 16.3 Å². The molecule has 0 aliphatic carbocycles. The molecule has 0 fully saturated rings. The van der Waals surface area contributed by atoms with Crippen molar-refractivity contribution in [3.63, 3.8) is 0 Å². The first kappa shape index (κ1) is 20.4. The van der Waals surface area contributed by atoms with E-state index in [-0.39, 0.29) is 38.0 Å². The van der Waals surface area contributed by atoms with Crippen LogP contribution >= 0.6 is 23.2 Å². The van der Waals surface area contributed by atoms with Crippen LogP contribution in [0.4, 0.5) is 0 Å². The molecule has 152 valence electrons. The normalized spacial score (nSPS) is 11.5. The minimum atomic E-state index is -3.74. The van der Waals surface area contributed by atoms with Crippen molar-refractivity contribution < 1.29 is 17.6 Å². The molecule has 4 rings (SSSR count). The van der Waals surface area contributed by atoms with Crippen molar-refractivity contribution in [1.82, 2.24) is 10.3 Å². The second-order valence-electron chi connectivity index (χ2n) is 6.43. The van der Waals surface area contributed by atoms with E-state index in [1.54, 1.807) is 36.7 Å². The molecule has 1 N–H and O–H groups in total. The number of rotatable bonds is 5. The van der Waals surface area contributed by atoms with Crippen LogP contribution in [-0.2, 0) is 16.4 Å². The topological polar surface area (TPSA) is 89.3 Å². The van der Waals surface area contributed by atoms with Crippen molar-refractivity contribution in [2.24, 2.45) is 0 Å². The van der Waals surface area contributed by atoms with Crippen molar-refractivity contribution in [3.05, 3.63) is 88.4 Å². The van der Waals surface area contributed by atoms with E-state index in [1.165, 1.54) is 30.3 Å². The number of nitrogens with zero attached hydrogens (tertiary/aromatic N) is 1. The Kier molecular flexibility index (Phi) is 5.51. The molecule has 0 radical (unpaired) electrons. The first-order valence-corrected chi connectivity index (χ1v) is 11.0. The molecule has 30 heavy (non-hydrogen) atoms. The second kappa shape index (κ2) is 8.10. The van der Waals surface area contributed by atoms with Gasteiger partial charge in [0.15, 0.2) is 11.3 Å². The van der Waals surface area contributed by atoms with Gasteiger partial charge < -0.3 is 9.73 Å². The maximum absolute atomic E-state index is 12.8. The fraction of sp³-hybridized carbons (Fsp3) is 0.0476. The van der Waals surface area contributed by atoms with E-state index in [4.69, 9.17) is 27.6 Å². The molecule has 2 aromatic heterocycles. The number of amides is 1. The highest BCUT2D eigenvalue weighted by Gasteiger charge is 2.19. The Morgan fingerprint density at radius 2 is 1.70 bits per heavy atom. The molecule has 4 aromatic rings. The van der Waals surface area contributed by atoms with Gasteiger partial charge in [-0.2, -0.15) is 0 Å². The van der Waals surface area contributed by atoms with Crippen LogP contribution in [0.25, 0.3) is 11.0 Å². The van der Waals surface area contributed by atoms with Gasteiger partial charge in [0.05, 0.1) is 26.0 Å². The van der Waals surface area contributed by atoms with E-state index in [1.807, 2.05) is 0 Å². The third-order valence-corrected chi connectivity index (χ3v) is 6.94. The van der Waals surface area contributed by atoms with Crippen molar-refractivity contribution >= 4 is 49.9 Å². The number of hydrogen-bond donors (Lipinski definition) is 1. The Morgan fingerprint density at radius 1 is 0.967 bits per heavy atom. The molecular weight excluding hydrogens is 447 g/mol. The Morgan fingerprint density at radius 3 is 2.40 bits per heavy atom. The highest BCUT2D eigenvalue weighted by atomic mass is 35.5. The van der Waals surface area contributed by atoms with E-state index in [9.17, 15) is 13.2 Å². The number of hydrogen-bond acceptors (Lipinski definition) is 5. The van der Waals surface area contributed by atoms with Crippen LogP contribution in [-0.4, -0.2) is 19.3 Å². The fourth-order valence-electron chi connectivity index (χ4n) is 2.83. The summed E-state index contributed by atoms with van der Waals surface area (Å²) in [5.74, 6) is -0.199. The van der Waals surface area contributed by atoms with Gasteiger partial charge in [0, 0.05) is 18.1 Å². The number of carbonyl (C=O) groups excluding carboxylic acids is 1. The largest absolute Gasteiger partial charge is 0.449 e. The lowest BCUT2D eigenvalue weighted by Crippen LogP contribution is -2.22. The van der Waals surface area contributed by atoms with E-state index in [0.717, 1.165) is 10.9 Å². The van der Waals surface area contributed by atoms with Gasteiger partial charge in [-0.1, -0.05) is 35.3 Å². The second-order valence-corrected chi connectivity index (χ2v) is 9.19. The number of fused-ring (bicyclic) bond motifs is 1. The van der Waals surface area contributed by atoms with Gasteiger partial charge in [0.2, 0.25) is 9.84 Å². The van der Waals surface area contributed by atoms with E-state index in [2.05, 4.69) is 10.3 Å². The van der Waals surface area contributed by atoms with Crippen LogP contribution in [0.1, 0.15) is 16.1 Å². The van der Waals surface area contributed by atoms with Gasteiger partial charge in [0.25, 0.3) is 5.91 Å². The summed E-state index contributed by atoms with van der Waals surface area (Å²) in [4.78, 5) is 16.4. The molecule has 0 aliphatic rings. The van der Waals surface area contributed by atoms with Gasteiger partial charge in [-0.3, -0.25) is 9.78 Å². The van der Waals surface area contributed by atoms with Gasteiger partial charge in [-0.05, 0) is 48.0 Å². The minimum Gasteiger partial charge on any atom is -0.449 e. The molecule has 0 bridgehead atoms. The third kappa shape index (κ3) is 4.05. The number of halogens is 2. The minimum absolute atomic E-state index is 0.0531. The van der Waals surface area contributed by atoms with Crippen LogP contribution in [0.5, 0.6) is 0 Å². The summed E-state index contributed by atoms with van der Waals surface area (Å²) < 4.78 is 31.0. The van der Waals surface area contributed by atoms with Crippen LogP contribution < -0.4 is 5.32 Å². The predicted octanol–water partition coefficient (Wildman–Crippen LogP) is 4.90. The first-order valence-electron chi connectivity index (χ1n) is 8.75. The summed E-state index contributed by atoms with van der Waals surface area (Å²) in [5.41, 5.74) is 1.26. The Hall–Kier alpha value is -2.87. The predicted molar refractivity (Wildman–Crippen MR) is 114 cm³/mol. The Labute approximate surface area is 182 Å². The zero-order valence-electron chi connectivity index (χ0n) is 15.3. The maximum atomic E-state index is 12.8. The molecule has 0 saturated heterocycles. The molecule has 0 unspecified atom stereocenters. The Balaban J connectivity index is 1.46. The number of aromatic nitrogens is 1. The summed E-state index contributed by atoms with van der Waals surface area (Å²) in [5, 5.41) is 3.97. The summed E-state index contributed by atoms with van der Waals surface area (Å²) in [6, 6.07) is 13.8. The number of furan rings is 1. The van der Waals surface area contributed by atoms with Gasteiger partial charge in [0.1, 0.15) is 0 Å². The molecule has 2 aromatic carbocycles. The third-order valence-electron chi connectivity index (χ3n) is 4.43. The molecule has 0 saturated carbocycles. The lowest BCUT2D eigenvalue weighted by atomic mass is 10.2. The van der Waals surface area contributed by atoms with Gasteiger partial charge >= 0.3 is 0 Å². The van der Waals surface area contributed by atoms with Crippen LogP contribution in [0.2, 0.25) is 10.0 Å². The number of nitrogens with one attached hydrogen (secondary N) is 1. The summed E-state index contributed by atoms with van der Waals surface area (Å²) >= 11 is 11.8. The van der Waals surface area contributed by atoms with Crippen LogP contribution in [0.3, 0.4) is 0 Å². The molecule has 2 heterocycles. The van der Waals surface area contributed by atoms with E-state index < -0.39 is 9.84 Å². The van der Waals surface area contributed by atoms with Crippen LogP contribution in [0.15, 0.2) is 81.2 Å². The number of sulfone groups is 1. The first-order chi connectivity index (χ1) is 14.3. The molecule has 9 heteroatoms. The zero-order valence-corrected chi connectivity index (χ0v) is 17.6. The monoisotopic (exact) mass is 460 g/mol.